The third kappa shape index (κ3) is 2.33. The van der Waals surface area contributed by atoms with Gasteiger partial charge in [0.15, 0.2) is 11.5 Å². The van der Waals surface area contributed by atoms with Crippen LogP contribution < -0.4 is 0 Å². The second-order valence-electron chi connectivity index (χ2n) is 4.44. The molecule has 17 heavy (non-hydrogen) atoms. The lowest BCUT2D eigenvalue weighted by Crippen LogP contribution is -2.28. The van der Waals surface area contributed by atoms with Crippen molar-refractivity contribution >= 4 is 0 Å². The number of nitrogens with zero attached hydrogens (tertiary/aromatic N) is 1. The molecule has 2 rings (SSSR count). The van der Waals surface area contributed by atoms with E-state index < -0.39 is 0 Å². The molecule has 2 fully saturated rings. The van der Waals surface area contributed by atoms with Gasteiger partial charge in [0.2, 0.25) is 6.79 Å². The number of allylic oxidation sites excluding steroid dienone is 2. The molecule has 0 aromatic rings. The molecule has 0 saturated carbocycles. The molecule has 0 bridgehead atoms. The van der Waals surface area contributed by atoms with Crippen LogP contribution in [0.4, 0.5) is 0 Å². The first kappa shape index (κ1) is 12.1. The number of hydrogen-bond donors (Lipinski definition) is 0. The number of likely N-dealkylation sites (tertiary alicyclic amines) is 1. The van der Waals surface area contributed by atoms with Crippen LogP contribution in [0.1, 0.15) is 33.1 Å². The molecule has 1 atom stereocenters. The maximum Gasteiger partial charge on any atom is 0.231 e. The van der Waals surface area contributed by atoms with E-state index >= 15 is 0 Å². The Hall–Kier alpha value is -1.38. The summed E-state index contributed by atoms with van der Waals surface area (Å²) in [6.07, 6.45) is 7.82. The van der Waals surface area contributed by atoms with Gasteiger partial charge >= 0.3 is 0 Å². The summed E-state index contributed by atoms with van der Waals surface area (Å²) in [5.74, 6) is 1.46. The minimum atomic E-state index is 0.292. The van der Waals surface area contributed by atoms with E-state index in [-0.39, 0.29) is 0 Å². The fourth-order valence-electron chi connectivity index (χ4n) is 2.56. The molecule has 0 amide bonds. The molecule has 0 aromatic heterocycles. The van der Waals surface area contributed by atoms with Crippen LogP contribution in [0.5, 0.6) is 0 Å². The van der Waals surface area contributed by atoms with Crippen molar-refractivity contribution < 1.29 is 9.47 Å². The summed E-state index contributed by atoms with van der Waals surface area (Å²) in [7, 11) is 0. The lowest BCUT2D eigenvalue weighted by Gasteiger charge is -2.27. The van der Waals surface area contributed by atoms with E-state index in [1.807, 2.05) is 13.0 Å². The van der Waals surface area contributed by atoms with Crippen molar-refractivity contribution in [1.29, 1.82) is 0 Å². The van der Waals surface area contributed by atoms with Crippen molar-refractivity contribution in [1.82, 2.24) is 4.90 Å². The Balaban J connectivity index is 2.31. The summed E-state index contributed by atoms with van der Waals surface area (Å²) in [5.41, 5.74) is 1.12. The Labute approximate surface area is 103 Å². The average molecular weight is 235 g/mol. The van der Waals surface area contributed by atoms with Gasteiger partial charge in [-0.1, -0.05) is 19.6 Å². The van der Waals surface area contributed by atoms with Gasteiger partial charge in [-0.15, -0.1) is 0 Å². The molecule has 2 aliphatic rings. The lowest BCUT2D eigenvalue weighted by atomic mass is 10.1. The number of rotatable bonds is 3. The number of hydrogen-bond acceptors (Lipinski definition) is 3. The first-order valence-electron chi connectivity index (χ1n) is 6.36. The molecular weight excluding hydrogens is 214 g/mol. The molecular formula is C14H21NO2. The topological polar surface area (TPSA) is 21.7 Å². The van der Waals surface area contributed by atoms with Gasteiger partial charge in [0.1, 0.15) is 0 Å². The standard InChI is InChI=1S/C14H21NO2/c1-4-7-13(14-11(3)16-10-17-14)15-9-6-8-12(15)5-2/h4,7,12H,3,5-6,8-10H2,1-2H3/b7-4-,14-13-. The van der Waals surface area contributed by atoms with Crippen LogP contribution in [0.3, 0.4) is 0 Å². The Morgan fingerprint density at radius 2 is 2.35 bits per heavy atom. The van der Waals surface area contributed by atoms with Gasteiger partial charge in [-0.25, -0.2) is 0 Å². The van der Waals surface area contributed by atoms with Crippen LogP contribution in [-0.4, -0.2) is 24.3 Å². The third-order valence-corrected chi connectivity index (χ3v) is 3.40. The van der Waals surface area contributed by atoms with Crippen LogP contribution in [0.15, 0.2) is 35.9 Å². The summed E-state index contributed by atoms with van der Waals surface area (Å²) in [6.45, 7) is 9.54. The molecule has 0 spiro atoms. The van der Waals surface area contributed by atoms with Gasteiger partial charge in [0.25, 0.3) is 0 Å². The van der Waals surface area contributed by atoms with Gasteiger partial charge in [-0.2, -0.15) is 0 Å². The van der Waals surface area contributed by atoms with Crippen LogP contribution >= 0.6 is 0 Å². The molecule has 0 radical (unpaired) electrons. The maximum absolute atomic E-state index is 5.55. The van der Waals surface area contributed by atoms with E-state index in [2.05, 4.69) is 24.5 Å². The fraction of sp³-hybridized carbons (Fsp3) is 0.571. The third-order valence-electron chi connectivity index (χ3n) is 3.40. The summed E-state index contributed by atoms with van der Waals surface area (Å²) in [6, 6.07) is 0.616. The zero-order chi connectivity index (χ0) is 12.3. The highest BCUT2D eigenvalue weighted by molar-refractivity contribution is 5.33. The van der Waals surface area contributed by atoms with Crippen molar-refractivity contribution in [3.63, 3.8) is 0 Å². The van der Waals surface area contributed by atoms with Crippen molar-refractivity contribution in [2.24, 2.45) is 0 Å². The van der Waals surface area contributed by atoms with E-state index in [0.29, 0.717) is 18.6 Å². The summed E-state index contributed by atoms with van der Waals surface area (Å²) in [5, 5.41) is 0. The quantitative estimate of drug-likeness (QED) is 0.750. The summed E-state index contributed by atoms with van der Waals surface area (Å²) in [4.78, 5) is 2.43. The van der Waals surface area contributed by atoms with Crippen molar-refractivity contribution in [2.75, 3.05) is 13.3 Å². The highest BCUT2D eigenvalue weighted by Crippen LogP contribution is 2.31. The second kappa shape index (κ2) is 5.30. The molecule has 3 nitrogen and oxygen atoms in total. The monoisotopic (exact) mass is 235 g/mol. The minimum Gasteiger partial charge on any atom is -0.454 e. The molecule has 2 saturated heterocycles. The van der Waals surface area contributed by atoms with Gasteiger partial charge in [0, 0.05) is 12.6 Å². The Morgan fingerprint density at radius 3 is 2.94 bits per heavy atom. The Morgan fingerprint density at radius 1 is 1.53 bits per heavy atom. The zero-order valence-electron chi connectivity index (χ0n) is 10.7. The predicted molar refractivity (Wildman–Crippen MR) is 68.0 cm³/mol. The second-order valence-corrected chi connectivity index (χ2v) is 4.44. The molecule has 2 heterocycles. The summed E-state index contributed by atoms with van der Waals surface area (Å²) >= 11 is 0. The minimum absolute atomic E-state index is 0.292. The molecule has 0 N–H and O–H groups in total. The van der Waals surface area contributed by atoms with E-state index in [1.165, 1.54) is 19.3 Å². The predicted octanol–water partition coefficient (Wildman–Crippen LogP) is 3.17. The molecule has 0 aromatic carbocycles. The lowest BCUT2D eigenvalue weighted by molar-refractivity contribution is 0.0955. The van der Waals surface area contributed by atoms with Crippen LogP contribution in [0.2, 0.25) is 0 Å². The molecule has 1 unspecified atom stereocenters. The highest BCUT2D eigenvalue weighted by Gasteiger charge is 2.29. The first-order valence-corrected chi connectivity index (χ1v) is 6.36. The molecule has 3 heteroatoms. The molecule has 2 aliphatic heterocycles. The van der Waals surface area contributed by atoms with Crippen molar-refractivity contribution in [3.8, 4) is 0 Å². The van der Waals surface area contributed by atoms with Crippen molar-refractivity contribution in [3.05, 3.63) is 35.9 Å². The maximum atomic E-state index is 5.55. The molecule has 94 valence electrons. The largest absolute Gasteiger partial charge is 0.454 e. The van der Waals surface area contributed by atoms with E-state index in [0.717, 1.165) is 18.0 Å². The normalized spacial score (nSPS) is 27.5. The fourth-order valence-corrected chi connectivity index (χ4v) is 2.56. The van der Waals surface area contributed by atoms with Gasteiger partial charge in [-0.05, 0) is 32.3 Å². The van der Waals surface area contributed by atoms with Crippen LogP contribution in [0, 0.1) is 0 Å². The van der Waals surface area contributed by atoms with Gasteiger partial charge in [0.05, 0.1) is 5.70 Å². The Bertz CT molecular complexity index is 357. The van der Waals surface area contributed by atoms with Gasteiger partial charge in [-0.3, -0.25) is 0 Å². The highest BCUT2D eigenvalue weighted by atomic mass is 16.7. The van der Waals surface area contributed by atoms with Crippen LogP contribution in [0.25, 0.3) is 0 Å². The first-order chi connectivity index (χ1) is 8.27. The smallest absolute Gasteiger partial charge is 0.231 e. The van der Waals surface area contributed by atoms with Crippen molar-refractivity contribution in [2.45, 2.75) is 39.2 Å². The average Bonchev–Trinajstić information content (AvgIpc) is 2.94. The van der Waals surface area contributed by atoms with E-state index in [4.69, 9.17) is 9.47 Å². The van der Waals surface area contributed by atoms with Crippen LogP contribution in [-0.2, 0) is 9.47 Å². The summed E-state index contributed by atoms with van der Waals surface area (Å²) < 4.78 is 10.8. The van der Waals surface area contributed by atoms with E-state index in [1.54, 1.807) is 0 Å². The zero-order valence-corrected chi connectivity index (χ0v) is 10.7. The number of ether oxygens (including phenoxy) is 2. The Kier molecular flexibility index (Phi) is 3.77. The SMILES string of the molecule is C=C1OCO/C1=C(/C=C\C)N1CCCC1CC. The molecule has 0 aliphatic carbocycles. The van der Waals surface area contributed by atoms with E-state index in [9.17, 15) is 0 Å². The van der Waals surface area contributed by atoms with Gasteiger partial charge < -0.3 is 14.4 Å².